The second-order valence-electron chi connectivity index (χ2n) is 10.9. The number of alkyl halides is 1. The minimum Gasteiger partial charge on any atom is -0.547 e. The molecule has 5 rings (SSSR count). The Bertz CT molecular complexity index is 1200. The van der Waals surface area contributed by atoms with Gasteiger partial charge < -0.3 is 14.6 Å². The van der Waals surface area contributed by atoms with Gasteiger partial charge in [-0.2, -0.15) is 0 Å². The van der Waals surface area contributed by atoms with Gasteiger partial charge in [0.05, 0.1) is 12.1 Å². The molecule has 0 bridgehead atoms. The topological polar surface area (TPSA) is 49.4 Å². The maximum atomic E-state index is 12.7. The first-order chi connectivity index (χ1) is 16.3. The summed E-state index contributed by atoms with van der Waals surface area (Å²) in [6.45, 7) is 6.71. The van der Waals surface area contributed by atoms with Crippen molar-refractivity contribution in [3.63, 3.8) is 0 Å². The number of carbonyl (C=O) groups is 1. The van der Waals surface area contributed by atoms with Crippen LogP contribution in [0.2, 0.25) is 0 Å². The second-order valence-corrected chi connectivity index (χ2v) is 12.1. The monoisotopic (exact) mass is 521 g/mol. The van der Waals surface area contributed by atoms with Gasteiger partial charge >= 0.3 is 0 Å². The van der Waals surface area contributed by atoms with Gasteiger partial charge in [0.25, 0.3) is 0 Å². The van der Waals surface area contributed by atoms with Crippen molar-refractivity contribution in [3.8, 4) is 0 Å². The van der Waals surface area contributed by atoms with Gasteiger partial charge in [0, 0.05) is 10.7 Å². The lowest BCUT2D eigenvalue weighted by Crippen LogP contribution is -2.49. The van der Waals surface area contributed by atoms with E-state index in [9.17, 15) is 9.90 Å². The predicted molar refractivity (Wildman–Crippen MR) is 140 cm³/mol. The Morgan fingerprint density at radius 1 is 1.03 bits per heavy atom. The number of aliphatic carboxylic acids is 1. The molecule has 3 unspecified atom stereocenters. The van der Waals surface area contributed by atoms with Crippen LogP contribution in [0.1, 0.15) is 63.5 Å². The van der Waals surface area contributed by atoms with Crippen LogP contribution in [-0.2, 0) is 16.0 Å². The van der Waals surface area contributed by atoms with Crippen LogP contribution in [0, 0.1) is 17.8 Å². The van der Waals surface area contributed by atoms with Crippen molar-refractivity contribution in [2.45, 2.75) is 75.8 Å². The minimum absolute atomic E-state index is 0.0264. The van der Waals surface area contributed by atoms with Gasteiger partial charge in [-0.25, -0.2) is 0 Å². The molecule has 0 amide bonds. The van der Waals surface area contributed by atoms with Crippen LogP contribution >= 0.6 is 15.9 Å². The highest BCUT2D eigenvalue weighted by Crippen LogP contribution is 2.45. The summed E-state index contributed by atoms with van der Waals surface area (Å²) in [7, 11) is 0. The molecule has 0 aromatic heterocycles. The van der Waals surface area contributed by atoms with Crippen molar-refractivity contribution in [2.75, 3.05) is 0 Å². The molecule has 0 radical (unpaired) electrons. The Morgan fingerprint density at radius 2 is 1.76 bits per heavy atom. The largest absolute Gasteiger partial charge is 0.547 e. The SMILES string of the molecule is CC(C)[C@H]1CC[C@H](C)C[C@@H]1OC(C(=O)[O-])C1c2c(ccc3cc4ccccc4cc23)CCC1Br. The Labute approximate surface area is 211 Å². The van der Waals surface area contributed by atoms with E-state index in [-0.39, 0.29) is 16.8 Å². The second kappa shape index (κ2) is 9.62. The number of carboxylic acid groups (broad SMARTS) is 1. The molecule has 180 valence electrons. The lowest BCUT2D eigenvalue weighted by atomic mass is 9.74. The van der Waals surface area contributed by atoms with E-state index in [2.05, 4.69) is 85.2 Å². The molecule has 1 saturated carbocycles. The molecular formula is C30H34BrO3-. The van der Waals surface area contributed by atoms with E-state index >= 15 is 0 Å². The van der Waals surface area contributed by atoms with Crippen LogP contribution in [0.25, 0.3) is 21.5 Å². The summed E-state index contributed by atoms with van der Waals surface area (Å²) in [5, 5.41) is 17.3. The van der Waals surface area contributed by atoms with Gasteiger partial charge in [0.15, 0.2) is 0 Å². The molecular weight excluding hydrogens is 488 g/mol. The van der Waals surface area contributed by atoms with Crippen LogP contribution < -0.4 is 5.11 Å². The Kier molecular flexibility index (Phi) is 6.74. The molecule has 34 heavy (non-hydrogen) atoms. The van der Waals surface area contributed by atoms with Crippen LogP contribution in [0.5, 0.6) is 0 Å². The number of hydrogen-bond donors (Lipinski definition) is 0. The fourth-order valence-corrected chi connectivity index (χ4v) is 7.21. The van der Waals surface area contributed by atoms with E-state index in [1.165, 1.54) is 22.8 Å². The molecule has 0 aliphatic heterocycles. The average molecular weight is 523 g/mol. The van der Waals surface area contributed by atoms with Gasteiger partial charge in [0.2, 0.25) is 0 Å². The summed E-state index contributed by atoms with van der Waals surface area (Å²) >= 11 is 3.88. The standard InChI is InChI=1S/C30H35BrO3/c1-17(2)23-12-8-18(3)14-26(23)34-29(30(32)33)28-25(31)13-11-19-9-10-22-15-20-6-4-5-7-21(20)16-24(22)27(19)28/h4-7,9-10,15-18,23,25-26,28-29H,8,11-14H2,1-3H3,(H,32,33)/p-1/t18-,23+,25?,26-,28?,29?/m0/s1. The number of ether oxygens (including phenoxy) is 1. The number of carboxylic acids is 1. The van der Waals surface area contributed by atoms with Crippen molar-refractivity contribution in [1.29, 1.82) is 0 Å². The minimum atomic E-state index is -1.10. The van der Waals surface area contributed by atoms with Crippen molar-refractivity contribution in [1.82, 2.24) is 0 Å². The molecule has 4 heteroatoms. The molecule has 6 atom stereocenters. The molecule has 3 nitrogen and oxygen atoms in total. The van der Waals surface area contributed by atoms with Gasteiger partial charge in [-0.15, -0.1) is 0 Å². The normalized spacial score (nSPS) is 28.2. The lowest BCUT2D eigenvalue weighted by Gasteiger charge is -2.43. The number of halogens is 1. The summed E-state index contributed by atoms with van der Waals surface area (Å²) in [6.07, 6.45) is 3.99. The van der Waals surface area contributed by atoms with E-state index in [0.29, 0.717) is 17.8 Å². The Balaban J connectivity index is 1.61. The fraction of sp³-hybridized carbons (Fsp3) is 0.500. The first-order valence-corrected chi connectivity index (χ1v) is 13.7. The summed E-state index contributed by atoms with van der Waals surface area (Å²) in [5.74, 6) is 0.00865. The molecule has 0 saturated heterocycles. The van der Waals surface area contributed by atoms with Gasteiger partial charge in [-0.3, -0.25) is 0 Å². The van der Waals surface area contributed by atoms with Gasteiger partial charge in [-0.1, -0.05) is 79.5 Å². The van der Waals surface area contributed by atoms with Crippen LogP contribution in [0.4, 0.5) is 0 Å². The van der Waals surface area contributed by atoms with Crippen LogP contribution in [-0.4, -0.2) is 23.0 Å². The molecule has 3 aromatic carbocycles. The summed E-state index contributed by atoms with van der Waals surface area (Å²) in [6, 6.07) is 17.2. The Morgan fingerprint density at radius 3 is 2.47 bits per heavy atom. The van der Waals surface area contributed by atoms with Crippen LogP contribution in [0.15, 0.2) is 48.5 Å². The number of carbonyl (C=O) groups excluding carboxylic acids is 1. The third-order valence-corrected chi connectivity index (χ3v) is 9.30. The lowest BCUT2D eigenvalue weighted by molar-refractivity contribution is -0.321. The molecule has 3 aromatic rings. The highest BCUT2D eigenvalue weighted by Gasteiger charge is 2.40. The van der Waals surface area contributed by atoms with Crippen molar-refractivity contribution < 1.29 is 14.6 Å². The first-order valence-electron chi connectivity index (χ1n) is 12.8. The molecule has 0 N–H and O–H groups in total. The van der Waals surface area contributed by atoms with Crippen molar-refractivity contribution >= 4 is 43.4 Å². The van der Waals surface area contributed by atoms with Crippen LogP contribution in [0.3, 0.4) is 0 Å². The van der Waals surface area contributed by atoms with Gasteiger partial charge in [0.1, 0.15) is 6.10 Å². The van der Waals surface area contributed by atoms with Crippen molar-refractivity contribution in [2.24, 2.45) is 17.8 Å². The average Bonchev–Trinajstić information content (AvgIpc) is 2.81. The number of hydrogen-bond acceptors (Lipinski definition) is 3. The van der Waals surface area contributed by atoms with Gasteiger partial charge in [-0.05, 0) is 88.2 Å². The van der Waals surface area contributed by atoms with E-state index in [1.54, 1.807) is 0 Å². The molecule has 2 aliphatic rings. The molecule has 2 aliphatic carbocycles. The smallest absolute Gasteiger partial charge is 0.105 e. The molecule has 1 fully saturated rings. The zero-order chi connectivity index (χ0) is 24.0. The summed E-state index contributed by atoms with van der Waals surface area (Å²) in [4.78, 5) is 12.7. The summed E-state index contributed by atoms with van der Waals surface area (Å²) in [5.41, 5.74) is 2.35. The fourth-order valence-electron chi connectivity index (χ4n) is 6.43. The van der Waals surface area contributed by atoms with E-state index in [0.717, 1.165) is 42.0 Å². The first kappa shape index (κ1) is 23.8. The maximum Gasteiger partial charge on any atom is 0.105 e. The third-order valence-electron chi connectivity index (χ3n) is 8.27. The number of benzene rings is 3. The zero-order valence-electron chi connectivity index (χ0n) is 20.3. The third kappa shape index (κ3) is 4.40. The zero-order valence-corrected chi connectivity index (χ0v) is 21.9. The molecule has 0 spiro atoms. The number of fused-ring (bicyclic) bond motifs is 4. The predicted octanol–water partition coefficient (Wildman–Crippen LogP) is 6.38. The highest BCUT2D eigenvalue weighted by molar-refractivity contribution is 9.09. The van der Waals surface area contributed by atoms with Crippen molar-refractivity contribution in [3.05, 3.63) is 59.7 Å². The molecule has 0 heterocycles. The summed E-state index contributed by atoms with van der Waals surface area (Å²) < 4.78 is 6.61. The maximum absolute atomic E-state index is 12.7. The number of rotatable bonds is 5. The Hall–Kier alpha value is -1.91. The quantitative estimate of drug-likeness (QED) is 0.289. The number of aryl methyl sites for hydroxylation is 1. The van der Waals surface area contributed by atoms with E-state index in [4.69, 9.17) is 4.74 Å². The van der Waals surface area contributed by atoms with E-state index < -0.39 is 12.1 Å². The van der Waals surface area contributed by atoms with E-state index in [1.807, 2.05) is 0 Å². The highest BCUT2D eigenvalue weighted by atomic mass is 79.9.